The van der Waals surface area contributed by atoms with Crippen LogP contribution >= 0.6 is 0 Å². The topological polar surface area (TPSA) is 59.5 Å². The highest BCUT2D eigenvalue weighted by Gasteiger charge is 2.24. The summed E-state index contributed by atoms with van der Waals surface area (Å²) in [5.74, 6) is -0.119. The van der Waals surface area contributed by atoms with Gasteiger partial charge in [-0.1, -0.05) is 12.1 Å². The molecule has 2 heterocycles. The number of Topliss-reactive ketones (excluding diaryl/α,β-unsaturated/α-hetero) is 1. The number of carbonyl (C=O) groups excluding carboxylic acids is 2. The van der Waals surface area contributed by atoms with E-state index in [9.17, 15) is 9.59 Å². The van der Waals surface area contributed by atoms with Crippen molar-refractivity contribution in [2.24, 2.45) is 0 Å². The van der Waals surface area contributed by atoms with E-state index in [0.717, 1.165) is 25.1 Å². The number of carbonyl (C=O) groups is 2. The zero-order valence-corrected chi connectivity index (χ0v) is 13.6. The number of ether oxygens (including phenoxy) is 1. The Bertz CT molecular complexity index is 707. The van der Waals surface area contributed by atoms with E-state index in [2.05, 4.69) is 4.98 Å². The first-order valence-corrected chi connectivity index (χ1v) is 8.09. The van der Waals surface area contributed by atoms with E-state index < -0.39 is 0 Å². The molecule has 24 heavy (non-hydrogen) atoms. The largest absolute Gasteiger partial charge is 0.376 e. The Labute approximate surface area is 141 Å². The first kappa shape index (κ1) is 16.3. The molecule has 0 spiro atoms. The molecular weight excluding hydrogens is 304 g/mol. The number of amides is 1. The number of aromatic nitrogens is 1. The van der Waals surface area contributed by atoms with Crippen molar-refractivity contribution < 1.29 is 14.3 Å². The lowest BCUT2D eigenvalue weighted by Gasteiger charge is -2.25. The van der Waals surface area contributed by atoms with Crippen LogP contribution in [0.3, 0.4) is 0 Å². The summed E-state index contributed by atoms with van der Waals surface area (Å²) in [6.07, 6.45) is 5.38. The van der Waals surface area contributed by atoms with Crippen LogP contribution in [0.5, 0.6) is 0 Å². The van der Waals surface area contributed by atoms with Gasteiger partial charge in [0.2, 0.25) is 0 Å². The number of rotatable bonds is 5. The molecule has 0 aliphatic carbocycles. The van der Waals surface area contributed by atoms with Crippen LogP contribution in [0.15, 0.2) is 48.8 Å². The Balaban J connectivity index is 1.86. The van der Waals surface area contributed by atoms with Crippen molar-refractivity contribution in [3.8, 4) is 0 Å². The number of pyridine rings is 1. The van der Waals surface area contributed by atoms with Crippen LogP contribution in [-0.4, -0.2) is 35.9 Å². The first-order valence-electron chi connectivity index (χ1n) is 8.09. The van der Waals surface area contributed by atoms with Gasteiger partial charge in [0.25, 0.3) is 5.91 Å². The van der Waals surface area contributed by atoms with Crippen molar-refractivity contribution in [1.82, 2.24) is 4.98 Å². The molecule has 124 valence electrons. The van der Waals surface area contributed by atoms with Crippen molar-refractivity contribution in [2.75, 3.05) is 18.1 Å². The highest BCUT2D eigenvalue weighted by atomic mass is 16.5. The van der Waals surface area contributed by atoms with Crippen molar-refractivity contribution in [2.45, 2.75) is 25.9 Å². The summed E-state index contributed by atoms with van der Waals surface area (Å²) in [6.45, 7) is 2.77. The van der Waals surface area contributed by atoms with E-state index >= 15 is 0 Å². The van der Waals surface area contributed by atoms with Crippen molar-refractivity contribution in [1.29, 1.82) is 0 Å². The molecule has 1 aliphatic rings. The number of hydrogen-bond donors (Lipinski definition) is 0. The highest BCUT2D eigenvalue weighted by Crippen LogP contribution is 2.21. The van der Waals surface area contributed by atoms with E-state index in [1.807, 2.05) is 12.1 Å². The Hall–Kier alpha value is -2.53. The molecule has 2 aromatic rings. The third kappa shape index (κ3) is 3.68. The van der Waals surface area contributed by atoms with Gasteiger partial charge in [0.15, 0.2) is 5.78 Å². The molecule has 0 N–H and O–H groups in total. The fraction of sp³-hybridized carbons (Fsp3) is 0.316. The number of benzene rings is 1. The monoisotopic (exact) mass is 324 g/mol. The molecule has 5 nitrogen and oxygen atoms in total. The van der Waals surface area contributed by atoms with E-state index in [1.165, 1.54) is 6.92 Å². The van der Waals surface area contributed by atoms with Crippen molar-refractivity contribution in [3.05, 3.63) is 59.9 Å². The minimum atomic E-state index is -0.105. The Morgan fingerprint density at radius 3 is 2.38 bits per heavy atom. The van der Waals surface area contributed by atoms with Crippen LogP contribution in [0.25, 0.3) is 0 Å². The fourth-order valence-electron chi connectivity index (χ4n) is 2.82. The summed E-state index contributed by atoms with van der Waals surface area (Å²) >= 11 is 0. The van der Waals surface area contributed by atoms with Gasteiger partial charge in [0, 0.05) is 35.8 Å². The van der Waals surface area contributed by atoms with Crippen LogP contribution in [0.4, 0.5) is 5.69 Å². The fourth-order valence-corrected chi connectivity index (χ4v) is 2.82. The second kappa shape index (κ2) is 7.36. The Morgan fingerprint density at radius 2 is 1.79 bits per heavy atom. The van der Waals surface area contributed by atoms with Gasteiger partial charge in [-0.25, -0.2) is 0 Å². The standard InChI is InChI=1S/C19H20N2O3/c1-14(22)15-4-6-16(7-5-15)19(23)21(13-18-3-2-12-24-18)17-8-10-20-11-9-17/h4-11,18H,2-3,12-13H2,1H3/t18-/m0/s1. The van der Waals surface area contributed by atoms with Gasteiger partial charge in [-0.2, -0.15) is 0 Å². The lowest BCUT2D eigenvalue weighted by atomic mass is 10.1. The van der Waals surface area contributed by atoms with Gasteiger partial charge in [0.1, 0.15) is 0 Å². The zero-order valence-electron chi connectivity index (χ0n) is 13.6. The lowest BCUT2D eigenvalue weighted by molar-refractivity contribution is 0.0916. The van der Waals surface area contributed by atoms with E-state index in [0.29, 0.717) is 17.7 Å². The average molecular weight is 324 g/mol. The normalized spacial score (nSPS) is 16.8. The van der Waals surface area contributed by atoms with Gasteiger partial charge >= 0.3 is 0 Å². The Morgan fingerprint density at radius 1 is 1.12 bits per heavy atom. The predicted octanol–water partition coefficient (Wildman–Crippen LogP) is 3.11. The molecular formula is C19H20N2O3. The number of ketones is 1. The average Bonchev–Trinajstić information content (AvgIpc) is 3.13. The minimum Gasteiger partial charge on any atom is -0.376 e. The quantitative estimate of drug-likeness (QED) is 0.793. The molecule has 1 fully saturated rings. The number of hydrogen-bond acceptors (Lipinski definition) is 4. The molecule has 0 unspecified atom stereocenters. The second-order valence-corrected chi connectivity index (χ2v) is 5.89. The molecule has 0 bridgehead atoms. The zero-order chi connectivity index (χ0) is 16.9. The molecule has 1 aromatic heterocycles. The van der Waals surface area contributed by atoms with E-state index in [1.54, 1.807) is 41.6 Å². The van der Waals surface area contributed by atoms with Crippen molar-refractivity contribution in [3.63, 3.8) is 0 Å². The predicted molar refractivity (Wildman–Crippen MR) is 91.3 cm³/mol. The smallest absolute Gasteiger partial charge is 0.258 e. The molecule has 1 atom stereocenters. The summed E-state index contributed by atoms with van der Waals surface area (Å²) in [7, 11) is 0. The van der Waals surface area contributed by atoms with Gasteiger partial charge < -0.3 is 9.64 Å². The summed E-state index contributed by atoms with van der Waals surface area (Å²) < 4.78 is 5.69. The van der Waals surface area contributed by atoms with Gasteiger partial charge in [0.05, 0.1) is 12.6 Å². The summed E-state index contributed by atoms with van der Waals surface area (Å²) in [4.78, 5) is 30.1. The minimum absolute atomic E-state index is 0.0145. The second-order valence-electron chi connectivity index (χ2n) is 5.89. The molecule has 0 radical (unpaired) electrons. The number of anilines is 1. The maximum absolute atomic E-state index is 13.0. The van der Waals surface area contributed by atoms with Crippen LogP contribution in [0.2, 0.25) is 0 Å². The molecule has 1 aromatic carbocycles. The molecule has 1 aliphatic heterocycles. The molecule has 5 heteroatoms. The lowest BCUT2D eigenvalue weighted by Crippen LogP contribution is -2.37. The summed E-state index contributed by atoms with van der Waals surface area (Å²) in [5, 5.41) is 0. The van der Waals surface area contributed by atoms with Crippen LogP contribution in [0, 0.1) is 0 Å². The Kier molecular flexibility index (Phi) is 5.01. The maximum Gasteiger partial charge on any atom is 0.258 e. The van der Waals surface area contributed by atoms with Gasteiger partial charge in [-0.15, -0.1) is 0 Å². The first-order chi connectivity index (χ1) is 11.6. The van der Waals surface area contributed by atoms with E-state index in [4.69, 9.17) is 4.74 Å². The van der Waals surface area contributed by atoms with Crippen molar-refractivity contribution >= 4 is 17.4 Å². The van der Waals surface area contributed by atoms with Gasteiger partial charge in [-0.3, -0.25) is 14.6 Å². The summed E-state index contributed by atoms with van der Waals surface area (Å²) in [6, 6.07) is 10.4. The highest BCUT2D eigenvalue weighted by molar-refractivity contribution is 6.06. The molecule has 0 saturated carbocycles. The number of nitrogens with zero attached hydrogens (tertiary/aromatic N) is 2. The van der Waals surface area contributed by atoms with Crippen LogP contribution < -0.4 is 4.90 Å². The maximum atomic E-state index is 13.0. The summed E-state index contributed by atoms with van der Waals surface area (Å²) in [5.41, 5.74) is 1.94. The van der Waals surface area contributed by atoms with E-state index in [-0.39, 0.29) is 17.8 Å². The van der Waals surface area contributed by atoms with Crippen LogP contribution in [0.1, 0.15) is 40.5 Å². The molecule has 1 amide bonds. The SMILES string of the molecule is CC(=O)c1ccc(C(=O)N(C[C@@H]2CCCO2)c2ccncc2)cc1. The molecule has 3 rings (SSSR count). The van der Waals surface area contributed by atoms with Gasteiger partial charge in [-0.05, 0) is 44.0 Å². The van der Waals surface area contributed by atoms with Crippen LogP contribution in [-0.2, 0) is 4.74 Å². The third-order valence-electron chi connectivity index (χ3n) is 4.17. The molecule has 1 saturated heterocycles. The third-order valence-corrected chi connectivity index (χ3v) is 4.17.